The molecule has 1 aromatic rings. The number of aliphatic hydroxyl groups excluding tert-OH is 1. The molecule has 1 saturated carbocycles. The van der Waals surface area contributed by atoms with Crippen molar-refractivity contribution in [3.05, 3.63) is 23.0 Å². The smallest absolute Gasteiger partial charge is 0.255 e. The van der Waals surface area contributed by atoms with E-state index in [4.69, 9.17) is 0 Å². The van der Waals surface area contributed by atoms with Gasteiger partial charge in [-0.15, -0.1) is 0 Å². The molecule has 1 amide bonds. The Labute approximate surface area is 120 Å². The summed E-state index contributed by atoms with van der Waals surface area (Å²) in [7, 11) is 0. The third-order valence-corrected chi connectivity index (χ3v) is 4.92. The van der Waals surface area contributed by atoms with E-state index in [0.29, 0.717) is 18.5 Å². The molecular formula is C16H24N2O2. The summed E-state index contributed by atoms with van der Waals surface area (Å²) in [6, 6.07) is 2.65. The van der Waals surface area contributed by atoms with Gasteiger partial charge in [0.05, 0.1) is 5.56 Å². The second-order valence-electron chi connectivity index (χ2n) is 6.52. The standard InChI is InChI=1S/C16H24N2O2/c1-10-7-17(8-13(10)9-19)16(20)15-6-11(2)18(12(15)3)14-4-5-14/h6,10,13-14,19H,4-5,7-9H2,1-3H3/t10-,13+/m1/s1. The van der Waals surface area contributed by atoms with Crippen LogP contribution in [0.2, 0.25) is 0 Å². The van der Waals surface area contributed by atoms with Gasteiger partial charge in [-0.25, -0.2) is 0 Å². The van der Waals surface area contributed by atoms with E-state index in [1.54, 1.807) is 0 Å². The fourth-order valence-electron chi connectivity index (χ4n) is 3.50. The second-order valence-corrected chi connectivity index (χ2v) is 6.52. The molecule has 1 saturated heterocycles. The van der Waals surface area contributed by atoms with Gasteiger partial charge in [0.25, 0.3) is 5.91 Å². The molecule has 0 bridgehead atoms. The van der Waals surface area contributed by atoms with Gasteiger partial charge in [0.1, 0.15) is 0 Å². The lowest BCUT2D eigenvalue weighted by molar-refractivity contribution is 0.0779. The third kappa shape index (κ3) is 2.16. The Kier molecular flexibility index (Phi) is 3.36. The van der Waals surface area contributed by atoms with Crippen LogP contribution >= 0.6 is 0 Å². The zero-order valence-corrected chi connectivity index (χ0v) is 12.6. The van der Waals surface area contributed by atoms with Crippen LogP contribution in [-0.2, 0) is 0 Å². The van der Waals surface area contributed by atoms with Crippen LogP contribution in [0, 0.1) is 25.7 Å². The zero-order chi connectivity index (χ0) is 14.4. The minimum absolute atomic E-state index is 0.132. The van der Waals surface area contributed by atoms with Crippen molar-refractivity contribution in [2.75, 3.05) is 19.7 Å². The Hall–Kier alpha value is -1.29. The topological polar surface area (TPSA) is 45.5 Å². The monoisotopic (exact) mass is 276 g/mol. The molecule has 1 aliphatic heterocycles. The first-order chi connectivity index (χ1) is 9.52. The first-order valence-electron chi connectivity index (χ1n) is 7.61. The summed E-state index contributed by atoms with van der Waals surface area (Å²) in [6.45, 7) is 7.88. The summed E-state index contributed by atoms with van der Waals surface area (Å²) in [5.41, 5.74) is 3.15. The van der Waals surface area contributed by atoms with Crippen LogP contribution in [0.1, 0.15) is 47.6 Å². The van der Waals surface area contributed by atoms with E-state index in [2.05, 4.69) is 25.3 Å². The Morgan fingerprint density at radius 2 is 2.05 bits per heavy atom. The Morgan fingerprint density at radius 3 is 2.60 bits per heavy atom. The normalized spacial score (nSPS) is 26.3. The molecule has 0 aromatic carbocycles. The van der Waals surface area contributed by atoms with Crippen molar-refractivity contribution in [3.63, 3.8) is 0 Å². The van der Waals surface area contributed by atoms with Gasteiger partial charge in [-0.2, -0.15) is 0 Å². The van der Waals surface area contributed by atoms with Crippen molar-refractivity contribution in [2.45, 2.75) is 39.7 Å². The van der Waals surface area contributed by atoms with E-state index in [0.717, 1.165) is 17.8 Å². The van der Waals surface area contributed by atoms with E-state index in [1.807, 2.05) is 11.0 Å². The van der Waals surface area contributed by atoms with Crippen molar-refractivity contribution < 1.29 is 9.90 Å². The molecular weight excluding hydrogens is 252 g/mol. The highest BCUT2D eigenvalue weighted by molar-refractivity contribution is 5.96. The quantitative estimate of drug-likeness (QED) is 0.919. The lowest BCUT2D eigenvalue weighted by Crippen LogP contribution is -2.29. The predicted octanol–water partition coefficient (Wildman–Crippen LogP) is 2.14. The summed E-state index contributed by atoms with van der Waals surface area (Å²) in [4.78, 5) is 14.6. The summed E-state index contributed by atoms with van der Waals surface area (Å²) in [6.07, 6.45) is 2.47. The van der Waals surface area contributed by atoms with Crippen molar-refractivity contribution in [3.8, 4) is 0 Å². The molecule has 2 atom stereocenters. The van der Waals surface area contributed by atoms with Crippen LogP contribution in [0.15, 0.2) is 6.07 Å². The maximum absolute atomic E-state index is 12.7. The second kappa shape index (κ2) is 4.92. The van der Waals surface area contributed by atoms with E-state index < -0.39 is 0 Å². The lowest BCUT2D eigenvalue weighted by Gasteiger charge is -2.16. The van der Waals surface area contributed by atoms with Gasteiger partial charge < -0.3 is 14.6 Å². The fourth-order valence-corrected chi connectivity index (χ4v) is 3.50. The van der Waals surface area contributed by atoms with Gasteiger partial charge in [-0.1, -0.05) is 6.92 Å². The average molecular weight is 276 g/mol. The molecule has 20 heavy (non-hydrogen) atoms. The number of carbonyl (C=O) groups excluding carboxylic acids is 1. The van der Waals surface area contributed by atoms with Crippen molar-refractivity contribution in [1.29, 1.82) is 0 Å². The molecule has 1 N–H and O–H groups in total. The summed E-state index contributed by atoms with van der Waals surface area (Å²) in [5.74, 6) is 0.745. The number of likely N-dealkylation sites (tertiary alicyclic amines) is 1. The average Bonchev–Trinajstić information content (AvgIpc) is 3.10. The number of carbonyl (C=O) groups is 1. The number of aryl methyl sites for hydroxylation is 1. The van der Waals surface area contributed by atoms with Crippen LogP contribution in [0.5, 0.6) is 0 Å². The molecule has 1 aliphatic carbocycles. The molecule has 4 nitrogen and oxygen atoms in total. The third-order valence-electron chi connectivity index (χ3n) is 4.92. The first-order valence-corrected chi connectivity index (χ1v) is 7.61. The summed E-state index contributed by atoms with van der Waals surface area (Å²) in [5, 5.41) is 9.35. The minimum atomic E-state index is 0.132. The molecule has 0 radical (unpaired) electrons. The van der Waals surface area contributed by atoms with Crippen LogP contribution < -0.4 is 0 Å². The zero-order valence-electron chi connectivity index (χ0n) is 12.6. The molecule has 2 fully saturated rings. The van der Waals surface area contributed by atoms with Crippen LogP contribution in [0.3, 0.4) is 0 Å². The summed E-state index contributed by atoms with van der Waals surface area (Å²) >= 11 is 0. The molecule has 1 aromatic heterocycles. The number of nitrogens with zero attached hydrogens (tertiary/aromatic N) is 2. The van der Waals surface area contributed by atoms with Gasteiger partial charge in [0.15, 0.2) is 0 Å². The van der Waals surface area contributed by atoms with E-state index >= 15 is 0 Å². The van der Waals surface area contributed by atoms with Crippen molar-refractivity contribution in [1.82, 2.24) is 9.47 Å². The Balaban J connectivity index is 1.83. The molecule has 2 heterocycles. The Bertz CT molecular complexity index is 531. The highest BCUT2D eigenvalue weighted by Gasteiger charge is 2.34. The number of rotatable bonds is 3. The molecule has 4 heteroatoms. The van der Waals surface area contributed by atoms with Gasteiger partial charge in [0, 0.05) is 43.0 Å². The van der Waals surface area contributed by atoms with Gasteiger partial charge in [-0.3, -0.25) is 4.79 Å². The molecule has 0 spiro atoms. The number of hydrogen-bond acceptors (Lipinski definition) is 2. The lowest BCUT2D eigenvalue weighted by atomic mass is 10.00. The largest absolute Gasteiger partial charge is 0.396 e. The van der Waals surface area contributed by atoms with E-state index in [1.165, 1.54) is 18.5 Å². The maximum Gasteiger partial charge on any atom is 0.255 e. The SMILES string of the molecule is Cc1cc(C(=O)N2C[C@@H](CO)[C@H](C)C2)c(C)n1C1CC1. The first kappa shape index (κ1) is 13.7. The Morgan fingerprint density at radius 1 is 1.35 bits per heavy atom. The molecule has 2 aliphatic rings. The van der Waals surface area contributed by atoms with Crippen molar-refractivity contribution in [2.24, 2.45) is 11.8 Å². The molecule has 110 valence electrons. The number of aromatic nitrogens is 1. The highest BCUT2D eigenvalue weighted by atomic mass is 16.3. The highest BCUT2D eigenvalue weighted by Crippen LogP contribution is 2.38. The van der Waals surface area contributed by atoms with Crippen molar-refractivity contribution >= 4 is 5.91 Å². The fraction of sp³-hybridized carbons (Fsp3) is 0.688. The van der Waals surface area contributed by atoms with Crippen LogP contribution in [-0.4, -0.2) is 40.2 Å². The number of aliphatic hydroxyl groups is 1. The molecule has 0 unspecified atom stereocenters. The number of amides is 1. The number of hydrogen-bond donors (Lipinski definition) is 1. The summed E-state index contributed by atoms with van der Waals surface area (Å²) < 4.78 is 2.32. The van der Waals surface area contributed by atoms with E-state index in [9.17, 15) is 9.90 Å². The van der Waals surface area contributed by atoms with Crippen LogP contribution in [0.25, 0.3) is 0 Å². The van der Waals surface area contributed by atoms with Gasteiger partial charge in [0.2, 0.25) is 0 Å². The predicted molar refractivity (Wildman–Crippen MR) is 77.8 cm³/mol. The van der Waals surface area contributed by atoms with Gasteiger partial charge >= 0.3 is 0 Å². The van der Waals surface area contributed by atoms with E-state index in [-0.39, 0.29) is 18.4 Å². The van der Waals surface area contributed by atoms with Crippen LogP contribution in [0.4, 0.5) is 0 Å². The van der Waals surface area contributed by atoms with Gasteiger partial charge in [-0.05, 0) is 38.7 Å². The minimum Gasteiger partial charge on any atom is -0.396 e. The maximum atomic E-state index is 12.7. The molecule has 3 rings (SSSR count).